The fourth-order valence-electron chi connectivity index (χ4n) is 2.04. The van der Waals surface area contributed by atoms with Crippen molar-refractivity contribution in [3.8, 4) is 11.4 Å². The van der Waals surface area contributed by atoms with E-state index in [1.807, 2.05) is 0 Å². The van der Waals surface area contributed by atoms with Crippen LogP contribution >= 0.6 is 11.8 Å². The smallest absolute Gasteiger partial charge is 0.234 e. The second-order valence-electron chi connectivity index (χ2n) is 4.92. The first-order chi connectivity index (χ1) is 12.2. The Hall–Kier alpha value is -2.94. The van der Waals surface area contributed by atoms with Crippen molar-refractivity contribution in [1.29, 1.82) is 0 Å². The quantitative estimate of drug-likeness (QED) is 0.681. The van der Waals surface area contributed by atoms with E-state index in [-0.39, 0.29) is 17.5 Å². The topological polar surface area (TPSA) is 81.9 Å². The number of carbonyl (C=O) groups excluding carboxylic acids is 1. The van der Waals surface area contributed by atoms with Gasteiger partial charge < -0.3 is 10.1 Å². The van der Waals surface area contributed by atoms with Crippen molar-refractivity contribution in [1.82, 2.24) is 20.2 Å². The maximum Gasteiger partial charge on any atom is 0.234 e. The highest BCUT2D eigenvalue weighted by Crippen LogP contribution is 2.20. The van der Waals surface area contributed by atoms with Crippen LogP contribution in [0.2, 0.25) is 0 Å². The van der Waals surface area contributed by atoms with Gasteiger partial charge in [-0.15, -0.1) is 5.10 Å². The first kappa shape index (κ1) is 16.9. The zero-order valence-corrected chi connectivity index (χ0v) is 14.0. The molecule has 0 radical (unpaired) electrons. The molecule has 1 N–H and O–H groups in total. The molecule has 128 valence electrons. The number of ether oxygens (including phenoxy) is 1. The Bertz CT molecular complexity index is 869. The Labute approximate surface area is 147 Å². The van der Waals surface area contributed by atoms with Crippen LogP contribution in [0.15, 0.2) is 53.7 Å². The maximum atomic E-state index is 13.3. The molecule has 0 atom stereocenters. The molecule has 0 saturated carbocycles. The number of hydrogen-bond acceptors (Lipinski definition) is 6. The molecular formula is C16H14FN5O2S. The summed E-state index contributed by atoms with van der Waals surface area (Å²) >= 11 is 1.16. The maximum absolute atomic E-state index is 13.3. The Morgan fingerprint density at radius 3 is 2.80 bits per heavy atom. The van der Waals surface area contributed by atoms with E-state index in [0.29, 0.717) is 22.3 Å². The Morgan fingerprint density at radius 2 is 2.08 bits per heavy atom. The van der Waals surface area contributed by atoms with Crippen molar-refractivity contribution in [2.24, 2.45) is 0 Å². The average molecular weight is 359 g/mol. The molecule has 2 aromatic carbocycles. The number of carbonyl (C=O) groups is 1. The molecule has 7 nitrogen and oxygen atoms in total. The molecule has 0 saturated heterocycles. The van der Waals surface area contributed by atoms with E-state index < -0.39 is 0 Å². The van der Waals surface area contributed by atoms with Gasteiger partial charge in [0.1, 0.15) is 11.6 Å². The minimum Gasteiger partial charge on any atom is -0.497 e. The van der Waals surface area contributed by atoms with Gasteiger partial charge in [0.05, 0.1) is 18.6 Å². The number of aromatic nitrogens is 4. The Balaban J connectivity index is 1.62. The van der Waals surface area contributed by atoms with Crippen molar-refractivity contribution in [3.05, 3.63) is 54.3 Å². The van der Waals surface area contributed by atoms with Crippen LogP contribution in [0.25, 0.3) is 5.69 Å². The van der Waals surface area contributed by atoms with Crippen molar-refractivity contribution in [2.75, 3.05) is 18.2 Å². The van der Waals surface area contributed by atoms with E-state index in [9.17, 15) is 9.18 Å². The summed E-state index contributed by atoms with van der Waals surface area (Å²) in [7, 11) is 1.58. The molecule has 25 heavy (non-hydrogen) atoms. The van der Waals surface area contributed by atoms with Crippen LogP contribution in [-0.4, -0.2) is 39.0 Å². The molecule has 0 aliphatic carbocycles. The number of amides is 1. The number of nitrogens with zero attached hydrogens (tertiary/aromatic N) is 4. The van der Waals surface area contributed by atoms with Gasteiger partial charge in [-0.1, -0.05) is 17.8 Å². The first-order valence-electron chi connectivity index (χ1n) is 7.27. The molecule has 0 fully saturated rings. The summed E-state index contributed by atoms with van der Waals surface area (Å²) in [6, 6.07) is 12.9. The molecule has 3 aromatic rings. The zero-order valence-electron chi connectivity index (χ0n) is 13.2. The minimum atomic E-state index is -0.388. The monoisotopic (exact) mass is 359 g/mol. The molecule has 1 aromatic heterocycles. The fourth-order valence-corrected chi connectivity index (χ4v) is 2.73. The predicted molar refractivity (Wildman–Crippen MR) is 91.5 cm³/mol. The molecule has 0 bridgehead atoms. The van der Waals surface area contributed by atoms with Gasteiger partial charge in [-0.05, 0) is 52.9 Å². The number of rotatable bonds is 6. The molecule has 3 rings (SSSR count). The standard InChI is InChI=1S/C16H14FN5O2S/c1-24-14-7-5-12(6-8-14)18-15(23)10-25-16-19-20-21-22(16)13-4-2-3-11(17)9-13/h2-9H,10H2,1H3,(H,18,23). The largest absolute Gasteiger partial charge is 0.497 e. The van der Waals surface area contributed by atoms with Crippen LogP contribution in [0.4, 0.5) is 10.1 Å². The summed E-state index contributed by atoms with van der Waals surface area (Å²) in [5.41, 5.74) is 1.15. The summed E-state index contributed by atoms with van der Waals surface area (Å²) in [5, 5.41) is 14.5. The lowest BCUT2D eigenvalue weighted by atomic mass is 10.3. The number of nitrogens with one attached hydrogen (secondary N) is 1. The van der Waals surface area contributed by atoms with E-state index in [1.54, 1.807) is 43.5 Å². The second kappa shape index (κ2) is 7.75. The summed E-state index contributed by atoms with van der Waals surface area (Å²) < 4.78 is 19.8. The summed E-state index contributed by atoms with van der Waals surface area (Å²) in [4.78, 5) is 12.1. The van der Waals surface area contributed by atoms with E-state index >= 15 is 0 Å². The second-order valence-corrected chi connectivity index (χ2v) is 5.86. The lowest BCUT2D eigenvalue weighted by Crippen LogP contribution is -2.14. The average Bonchev–Trinajstić information content (AvgIpc) is 3.09. The van der Waals surface area contributed by atoms with Crippen LogP contribution in [0.5, 0.6) is 5.75 Å². The third-order valence-corrected chi connectivity index (χ3v) is 4.12. The summed E-state index contributed by atoms with van der Waals surface area (Å²) in [6.45, 7) is 0. The van der Waals surface area contributed by atoms with Gasteiger partial charge >= 0.3 is 0 Å². The SMILES string of the molecule is COc1ccc(NC(=O)CSc2nnnn2-c2cccc(F)c2)cc1. The molecule has 0 unspecified atom stereocenters. The molecule has 1 heterocycles. The highest BCUT2D eigenvalue weighted by atomic mass is 32.2. The zero-order chi connectivity index (χ0) is 17.6. The number of hydrogen-bond donors (Lipinski definition) is 1. The van der Waals surface area contributed by atoms with Gasteiger partial charge in [-0.25, -0.2) is 4.39 Å². The van der Waals surface area contributed by atoms with Crippen LogP contribution < -0.4 is 10.1 Å². The van der Waals surface area contributed by atoms with Gasteiger partial charge in [-0.2, -0.15) is 4.68 Å². The van der Waals surface area contributed by atoms with Crippen molar-refractivity contribution >= 4 is 23.4 Å². The first-order valence-corrected chi connectivity index (χ1v) is 8.25. The van der Waals surface area contributed by atoms with Crippen molar-refractivity contribution < 1.29 is 13.9 Å². The van der Waals surface area contributed by atoms with Gasteiger partial charge in [0.15, 0.2) is 0 Å². The van der Waals surface area contributed by atoms with Gasteiger partial charge in [0, 0.05) is 5.69 Å². The third-order valence-electron chi connectivity index (χ3n) is 3.20. The van der Waals surface area contributed by atoms with Crippen LogP contribution in [0, 0.1) is 5.82 Å². The Kier molecular flexibility index (Phi) is 5.24. The predicted octanol–water partition coefficient (Wildman–Crippen LogP) is 2.54. The Morgan fingerprint density at radius 1 is 1.28 bits per heavy atom. The van der Waals surface area contributed by atoms with E-state index in [4.69, 9.17) is 4.74 Å². The molecule has 9 heteroatoms. The number of halogens is 1. The van der Waals surface area contributed by atoms with Gasteiger partial charge in [-0.3, -0.25) is 4.79 Å². The van der Waals surface area contributed by atoms with E-state index in [0.717, 1.165) is 11.8 Å². The van der Waals surface area contributed by atoms with Crippen LogP contribution in [0.3, 0.4) is 0 Å². The normalized spacial score (nSPS) is 10.5. The summed E-state index contributed by atoms with van der Waals surface area (Å²) in [6.07, 6.45) is 0. The van der Waals surface area contributed by atoms with E-state index in [2.05, 4.69) is 20.8 Å². The van der Waals surface area contributed by atoms with Crippen LogP contribution in [-0.2, 0) is 4.79 Å². The molecule has 0 aliphatic heterocycles. The molecule has 0 aliphatic rings. The third kappa shape index (κ3) is 4.32. The number of tetrazole rings is 1. The van der Waals surface area contributed by atoms with Crippen molar-refractivity contribution in [3.63, 3.8) is 0 Å². The number of methoxy groups -OCH3 is 1. The van der Waals surface area contributed by atoms with Gasteiger partial charge in [0.25, 0.3) is 0 Å². The summed E-state index contributed by atoms with van der Waals surface area (Å²) in [5.74, 6) is 0.230. The number of anilines is 1. The number of thioether (sulfide) groups is 1. The molecular weight excluding hydrogens is 345 g/mol. The van der Waals surface area contributed by atoms with Crippen LogP contribution in [0.1, 0.15) is 0 Å². The van der Waals surface area contributed by atoms with Gasteiger partial charge in [0.2, 0.25) is 11.1 Å². The molecule has 1 amide bonds. The molecule has 0 spiro atoms. The number of benzene rings is 2. The van der Waals surface area contributed by atoms with E-state index in [1.165, 1.54) is 16.8 Å². The highest BCUT2D eigenvalue weighted by molar-refractivity contribution is 7.99. The fraction of sp³-hybridized carbons (Fsp3) is 0.125. The van der Waals surface area contributed by atoms with Crippen molar-refractivity contribution in [2.45, 2.75) is 5.16 Å². The lowest BCUT2D eigenvalue weighted by molar-refractivity contribution is -0.113. The lowest BCUT2D eigenvalue weighted by Gasteiger charge is -2.06. The highest BCUT2D eigenvalue weighted by Gasteiger charge is 2.12. The minimum absolute atomic E-state index is 0.113.